The molecule has 3 nitrogen and oxygen atoms in total. The van der Waals surface area contributed by atoms with Gasteiger partial charge in [0.05, 0.1) is 12.2 Å². The van der Waals surface area contributed by atoms with Crippen molar-refractivity contribution in [1.82, 2.24) is 0 Å². The summed E-state index contributed by atoms with van der Waals surface area (Å²) in [6.07, 6.45) is 0. The van der Waals surface area contributed by atoms with Gasteiger partial charge >= 0.3 is 0 Å². The molecule has 0 bridgehead atoms. The van der Waals surface area contributed by atoms with Gasteiger partial charge in [-0.05, 0) is 31.5 Å². The Labute approximate surface area is 123 Å². The zero-order chi connectivity index (χ0) is 15.5. The largest absolute Gasteiger partial charge is 0.507 e. The molecule has 2 aromatic rings. The molecule has 0 aliphatic heterocycles. The molecule has 0 radical (unpaired) electrons. The highest BCUT2D eigenvalue weighted by molar-refractivity contribution is 6.04. The lowest BCUT2D eigenvalue weighted by atomic mass is 9.95. The number of rotatable bonds is 5. The van der Waals surface area contributed by atoms with Crippen LogP contribution in [0.1, 0.15) is 29.8 Å². The number of carbonyl (C=O) groups excluding carboxylic acids is 1. The fourth-order valence-corrected chi connectivity index (χ4v) is 1.94. The predicted molar refractivity (Wildman–Crippen MR) is 77.7 cm³/mol. The van der Waals surface area contributed by atoms with Gasteiger partial charge in [-0.2, -0.15) is 0 Å². The maximum absolute atomic E-state index is 13.8. The van der Waals surface area contributed by atoms with Crippen LogP contribution in [0.3, 0.4) is 0 Å². The van der Waals surface area contributed by atoms with E-state index in [4.69, 9.17) is 4.74 Å². The average molecular weight is 288 g/mol. The van der Waals surface area contributed by atoms with E-state index in [1.807, 2.05) is 30.3 Å². The number of phenols is 1. The van der Waals surface area contributed by atoms with Crippen LogP contribution in [-0.4, -0.2) is 16.5 Å². The van der Waals surface area contributed by atoms with E-state index in [1.54, 1.807) is 13.8 Å². The number of benzene rings is 2. The predicted octanol–water partition coefficient (Wildman–Crippen LogP) is 3.71. The number of hydrogen-bond donors (Lipinski definition) is 1. The van der Waals surface area contributed by atoms with Crippen LogP contribution in [0.15, 0.2) is 48.5 Å². The zero-order valence-corrected chi connectivity index (χ0v) is 12.0. The highest BCUT2D eigenvalue weighted by Crippen LogP contribution is 2.27. The lowest BCUT2D eigenvalue weighted by Crippen LogP contribution is -2.35. The second-order valence-corrected chi connectivity index (χ2v) is 5.25. The molecule has 0 saturated heterocycles. The third-order valence-corrected chi connectivity index (χ3v) is 3.21. The van der Waals surface area contributed by atoms with Crippen LogP contribution in [0.2, 0.25) is 0 Å². The van der Waals surface area contributed by atoms with Gasteiger partial charge in [0.15, 0.2) is 0 Å². The molecule has 0 aliphatic rings. The minimum absolute atomic E-state index is 0.231. The first kappa shape index (κ1) is 15.2. The molecule has 2 aromatic carbocycles. The van der Waals surface area contributed by atoms with E-state index in [-0.39, 0.29) is 17.9 Å². The molecule has 21 heavy (non-hydrogen) atoms. The maximum atomic E-state index is 13.8. The number of ketones is 1. The highest BCUT2D eigenvalue weighted by Gasteiger charge is 2.33. The Morgan fingerprint density at radius 3 is 2.43 bits per heavy atom. The summed E-state index contributed by atoms with van der Waals surface area (Å²) in [5.74, 6) is -1.72. The van der Waals surface area contributed by atoms with Crippen LogP contribution in [0.25, 0.3) is 0 Å². The number of ether oxygens (including phenoxy) is 1. The van der Waals surface area contributed by atoms with Crippen molar-refractivity contribution in [3.8, 4) is 5.75 Å². The number of Topliss-reactive ketones (excluding diaryl/α,β-unsaturated/α-hetero) is 1. The maximum Gasteiger partial charge on any atom is 0.200 e. The Kier molecular flexibility index (Phi) is 4.38. The molecule has 0 amide bonds. The van der Waals surface area contributed by atoms with Gasteiger partial charge in [0.25, 0.3) is 0 Å². The lowest BCUT2D eigenvalue weighted by Gasteiger charge is -2.24. The van der Waals surface area contributed by atoms with Crippen molar-refractivity contribution in [3.05, 3.63) is 65.5 Å². The third kappa shape index (κ3) is 3.47. The number of halogens is 1. The molecular weight excluding hydrogens is 271 g/mol. The number of carbonyl (C=O) groups is 1. The Hall–Kier alpha value is -2.20. The molecule has 2 rings (SSSR count). The van der Waals surface area contributed by atoms with Crippen molar-refractivity contribution in [3.63, 3.8) is 0 Å². The SMILES string of the molecule is CC(C)(OCc1ccccc1)C(=O)c1c(O)cccc1F. The van der Waals surface area contributed by atoms with Crippen molar-refractivity contribution in [2.45, 2.75) is 26.1 Å². The van der Waals surface area contributed by atoms with Crippen molar-refractivity contribution >= 4 is 5.78 Å². The van der Waals surface area contributed by atoms with Crippen LogP contribution in [0.4, 0.5) is 4.39 Å². The smallest absolute Gasteiger partial charge is 0.200 e. The fourth-order valence-electron chi connectivity index (χ4n) is 1.94. The zero-order valence-electron chi connectivity index (χ0n) is 12.0. The summed E-state index contributed by atoms with van der Waals surface area (Å²) >= 11 is 0. The van der Waals surface area contributed by atoms with Crippen LogP contribution in [-0.2, 0) is 11.3 Å². The van der Waals surface area contributed by atoms with Crippen LogP contribution in [0.5, 0.6) is 5.75 Å². The summed E-state index contributed by atoms with van der Waals surface area (Å²) in [7, 11) is 0. The molecule has 0 heterocycles. The average Bonchev–Trinajstić information content (AvgIpc) is 2.46. The molecule has 110 valence electrons. The van der Waals surface area contributed by atoms with Gasteiger partial charge in [0, 0.05) is 0 Å². The Morgan fingerprint density at radius 1 is 1.14 bits per heavy atom. The monoisotopic (exact) mass is 288 g/mol. The van der Waals surface area contributed by atoms with E-state index >= 15 is 0 Å². The molecule has 4 heteroatoms. The van der Waals surface area contributed by atoms with E-state index in [0.29, 0.717) is 0 Å². The van der Waals surface area contributed by atoms with Crippen molar-refractivity contribution in [1.29, 1.82) is 0 Å². The summed E-state index contributed by atoms with van der Waals surface area (Å²) in [4.78, 5) is 12.4. The van der Waals surface area contributed by atoms with Gasteiger partial charge in [-0.1, -0.05) is 36.4 Å². The highest BCUT2D eigenvalue weighted by atomic mass is 19.1. The number of hydrogen-bond acceptors (Lipinski definition) is 3. The van der Waals surface area contributed by atoms with Gasteiger partial charge in [-0.15, -0.1) is 0 Å². The molecule has 1 N–H and O–H groups in total. The van der Waals surface area contributed by atoms with Crippen LogP contribution < -0.4 is 0 Å². The van der Waals surface area contributed by atoms with Gasteiger partial charge < -0.3 is 9.84 Å². The van der Waals surface area contributed by atoms with E-state index in [0.717, 1.165) is 11.6 Å². The van der Waals surface area contributed by atoms with Gasteiger partial charge in [-0.25, -0.2) is 4.39 Å². The summed E-state index contributed by atoms with van der Waals surface area (Å²) in [5, 5.41) is 9.69. The molecule has 0 unspecified atom stereocenters. The van der Waals surface area contributed by atoms with Gasteiger partial charge in [0.1, 0.15) is 17.2 Å². The fraction of sp³-hybridized carbons (Fsp3) is 0.235. The van der Waals surface area contributed by atoms with E-state index in [2.05, 4.69) is 0 Å². The summed E-state index contributed by atoms with van der Waals surface area (Å²) < 4.78 is 19.4. The third-order valence-electron chi connectivity index (χ3n) is 3.21. The van der Waals surface area contributed by atoms with Gasteiger partial charge in [-0.3, -0.25) is 4.79 Å². The molecule has 0 spiro atoms. The van der Waals surface area contributed by atoms with Crippen molar-refractivity contribution in [2.75, 3.05) is 0 Å². The van der Waals surface area contributed by atoms with E-state index in [1.165, 1.54) is 12.1 Å². The summed E-state index contributed by atoms with van der Waals surface area (Å²) in [6, 6.07) is 13.1. The quantitative estimate of drug-likeness (QED) is 0.853. The van der Waals surface area contributed by atoms with Crippen molar-refractivity contribution in [2.24, 2.45) is 0 Å². The minimum Gasteiger partial charge on any atom is -0.507 e. The lowest BCUT2D eigenvalue weighted by molar-refractivity contribution is -0.0139. The first-order valence-electron chi connectivity index (χ1n) is 6.62. The van der Waals surface area contributed by atoms with Gasteiger partial charge in [0.2, 0.25) is 5.78 Å². The number of aromatic hydroxyl groups is 1. The second kappa shape index (κ2) is 6.06. The molecule has 0 aliphatic carbocycles. The van der Waals surface area contributed by atoms with Crippen molar-refractivity contribution < 1.29 is 19.0 Å². The van der Waals surface area contributed by atoms with Crippen LogP contribution in [0, 0.1) is 5.82 Å². The van der Waals surface area contributed by atoms with E-state index < -0.39 is 17.2 Å². The Balaban J connectivity index is 2.17. The Bertz CT molecular complexity index is 615. The summed E-state index contributed by atoms with van der Waals surface area (Å²) in [6.45, 7) is 3.35. The topological polar surface area (TPSA) is 46.5 Å². The van der Waals surface area contributed by atoms with Crippen LogP contribution >= 0.6 is 0 Å². The second-order valence-electron chi connectivity index (χ2n) is 5.25. The molecule has 0 fully saturated rings. The molecule has 0 atom stereocenters. The first-order valence-corrected chi connectivity index (χ1v) is 6.62. The summed E-state index contributed by atoms with van der Waals surface area (Å²) in [5.41, 5.74) is -0.665. The molecule has 0 aromatic heterocycles. The molecule has 0 saturated carbocycles. The minimum atomic E-state index is -1.24. The molecular formula is C17H17FO3. The Morgan fingerprint density at radius 2 is 1.81 bits per heavy atom. The van der Waals surface area contributed by atoms with E-state index in [9.17, 15) is 14.3 Å². The standard InChI is InChI=1S/C17H17FO3/c1-17(2,21-11-12-7-4-3-5-8-12)16(20)15-13(18)9-6-10-14(15)19/h3-10,19H,11H2,1-2H3. The normalized spacial score (nSPS) is 11.4. The first-order chi connectivity index (χ1) is 9.92. The number of phenolic OH excluding ortho intramolecular Hbond substituents is 1.